The SMILES string of the molecule is Bc1nc(B)c(SC)c(B)c1B. The molecule has 0 saturated carbocycles. The fraction of sp³-hybridized carbons (Fsp3) is 0.167. The molecule has 0 unspecified atom stereocenters. The zero-order chi connectivity index (χ0) is 9.30. The maximum atomic E-state index is 4.48. The number of nitrogens with zero attached hydrogens (tertiary/aromatic N) is 1. The molecule has 0 spiro atoms. The van der Waals surface area contributed by atoms with Crippen molar-refractivity contribution in [3.63, 3.8) is 0 Å². The van der Waals surface area contributed by atoms with Gasteiger partial charge in [-0.15, -0.1) is 11.8 Å². The number of thioether (sulfide) groups is 1. The number of aromatic nitrogens is 1. The van der Waals surface area contributed by atoms with Gasteiger partial charge in [0.25, 0.3) is 0 Å². The van der Waals surface area contributed by atoms with E-state index in [9.17, 15) is 0 Å². The second-order valence-corrected chi connectivity index (χ2v) is 3.88. The predicted octanol–water partition coefficient (Wildman–Crippen LogP) is -5.16. The number of rotatable bonds is 1. The van der Waals surface area contributed by atoms with Crippen LogP contribution in [0.1, 0.15) is 0 Å². The molecule has 0 fully saturated rings. The first-order chi connectivity index (χ1) is 5.57. The summed E-state index contributed by atoms with van der Waals surface area (Å²) in [7, 11) is 8.45. The van der Waals surface area contributed by atoms with Crippen molar-refractivity contribution in [2.45, 2.75) is 4.90 Å². The van der Waals surface area contributed by atoms with Gasteiger partial charge in [-0.1, -0.05) is 10.9 Å². The normalized spacial score (nSPS) is 10.1. The van der Waals surface area contributed by atoms with E-state index in [0.29, 0.717) is 0 Å². The quantitative estimate of drug-likeness (QED) is 0.310. The number of hydrogen-bond acceptors (Lipinski definition) is 2. The van der Waals surface area contributed by atoms with Crippen LogP contribution in [0.4, 0.5) is 0 Å². The molecule has 1 rings (SSSR count). The Morgan fingerprint density at radius 3 is 2.08 bits per heavy atom. The van der Waals surface area contributed by atoms with Gasteiger partial charge in [0, 0.05) is 10.5 Å². The third-order valence-corrected chi connectivity index (χ3v) is 3.32. The molecule has 0 atom stereocenters. The van der Waals surface area contributed by atoms with Crippen LogP contribution in [-0.4, -0.2) is 42.6 Å². The summed E-state index contributed by atoms with van der Waals surface area (Å²) in [6.45, 7) is 0. The van der Waals surface area contributed by atoms with Crippen LogP contribution in [0.25, 0.3) is 0 Å². The Morgan fingerprint density at radius 1 is 1.00 bits per heavy atom. The van der Waals surface area contributed by atoms with E-state index >= 15 is 0 Å². The van der Waals surface area contributed by atoms with Crippen molar-refractivity contribution in [2.24, 2.45) is 0 Å². The van der Waals surface area contributed by atoms with Crippen LogP contribution in [0, 0.1) is 0 Å². The molecule has 0 aromatic carbocycles. The third-order valence-electron chi connectivity index (χ3n) is 2.31. The standard InChI is InChI=1S/C6H11B4NS/c1-12-4-2(7)3(8)5(9)11-6(4)10/h7-10H2,1H3. The molecule has 0 radical (unpaired) electrons. The van der Waals surface area contributed by atoms with Crippen molar-refractivity contribution in [3.05, 3.63) is 0 Å². The van der Waals surface area contributed by atoms with Crippen LogP contribution in [0.5, 0.6) is 0 Å². The molecule has 0 aliphatic heterocycles. The smallest absolute Gasteiger partial charge is 0.165 e. The number of pyridine rings is 1. The van der Waals surface area contributed by atoms with Crippen molar-refractivity contribution in [1.29, 1.82) is 0 Å². The molecule has 0 amide bonds. The summed E-state index contributed by atoms with van der Waals surface area (Å²) >= 11 is 1.78. The van der Waals surface area contributed by atoms with Crippen molar-refractivity contribution >= 4 is 65.3 Å². The monoisotopic (exact) mass is 173 g/mol. The highest BCUT2D eigenvalue weighted by Crippen LogP contribution is 2.03. The lowest BCUT2D eigenvalue weighted by atomic mass is 9.74. The van der Waals surface area contributed by atoms with E-state index in [1.165, 1.54) is 15.8 Å². The molecule has 1 heterocycles. The van der Waals surface area contributed by atoms with Crippen LogP contribution in [0.2, 0.25) is 0 Å². The Hall–Kier alpha value is -0.240. The van der Waals surface area contributed by atoms with Gasteiger partial charge in [0.1, 0.15) is 15.7 Å². The second kappa shape index (κ2) is 3.65. The third kappa shape index (κ3) is 1.58. The summed E-state index contributed by atoms with van der Waals surface area (Å²) in [6, 6.07) is 0. The van der Waals surface area contributed by atoms with Crippen LogP contribution in [0.15, 0.2) is 4.90 Å². The van der Waals surface area contributed by atoms with E-state index in [2.05, 4.69) is 42.6 Å². The molecular formula is C6H11B4NS. The van der Waals surface area contributed by atoms with E-state index < -0.39 is 0 Å². The molecule has 0 aliphatic carbocycles. The fourth-order valence-electron chi connectivity index (χ4n) is 1.40. The van der Waals surface area contributed by atoms with Gasteiger partial charge >= 0.3 is 0 Å². The Morgan fingerprint density at radius 2 is 1.58 bits per heavy atom. The zero-order valence-corrected chi connectivity index (χ0v) is 9.17. The van der Waals surface area contributed by atoms with Gasteiger partial charge in [-0.05, 0) is 11.8 Å². The van der Waals surface area contributed by atoms with Gasteiger partial charge in [-0.3, -0.25) is 4.98 Å². The van der Waals surface area contributed by atoms with Gasteiger partial charge < -0.3 is 0 Å². The maximum Gasteiger partial charge on any atom is 0.165 e. The summed E-state index contributed by atoms with van der Waals surface area (Å²) in [5.41, 5.74) is 5.02. The van der Waals surface area contributed by atoms with E-state index in [4.69, 9.17) is 0 Å². The van der Waals surface area contributed by atoms with Gasteiger partial charge in [-0.25, -0.2) is 0 Å². The Kier molecular flexibility index (Phi) is 2.99. The molecule has 1 aromatic rings. The van der Waals surface area contributed by atoms with Crippen LogP contribution < -0.4 is 22.1 Å². The van der Waals surface area contributed by atoms with Crippen molar-refractivity contribution in [2.75, 3.05) is 6.26 Å². The average molecular weight is 172 g/mol. The Bertz CT molecular complexity index is 315. The molecular weight excluding hydrogens is 161 g/mol. The highest BCUT2D eigenvalue weighted by atomic mass is 32.2. The lowest BCUT2D eigenvalue weighted by Crippen LogP contribution is -2.47. The van der Waals surface area contributed by atoms with Gasteiger partial charge in [-0.2, -0.15) is 0 Å². The second-order valence-electron chi connectivity index (χ2n) is 3.07. The van der Waals surface area contributed by atoms with Gasteiger partial charge in [0.05, 0.1) is 0 Å². The summed E-state index contributed by atoms with van der Waals surface area (Å²) in [5.74, 6) is 0. The molecule has 1 nitrogen and oxygen atoms in total. The van der Waals surface area contributed by atoms with E-state index in [1.807, 2.05) is 0 Å². The molecule has 1 aromatic heterocycles. The van der Waals surface area contributed by atoms with E-state index in [0.717, 1.165) is 11.2 Å². The lowest BCUT2D eigenvalue weighted by molar-refractivity contribution is 1.40. The largest absolute Gasteiger partial charge is 0.279 e. The minimum Gasteiger partial charge on any atom is -0.279 e. The average Bonchev–Trinajstić information content (AvgIpc) is 2.01. The Balaban J connectivity index is 3.40. The summed E-state index contributed by atoms with van der Waals surface area (Å²) in [6.07, 6.45) is 2.10. The molecule has 0 saturated heterocycles. The zero-order valence-electron chi connectivity index (χ0n) is 8.36. The van der Waals surface area contributed by atoms with E-state index in [-0.39, 0.29) is 0 Å². The van der Waals surface area contributed by atoms with Crippen molar-refractivity contribution < 1.29 is 0 Å². The van der Waals surface area contributed by atoms with Gasteiger partial charge in [0.15, 0.2) is 15.7 Å². The first kappa shape index (κ1) is 9.84. The molecule has 0 N–H and O–H groups in total. The van der Waals surface area contributed by atoms with Crippen LogP contribution >= 0.6 is 11.8 Å². The molecule has 0 bridgehead atoms. The first-order valence-electron chi connectivity index (χ1n) is 4.06. The Labute approximate surface area is 81.7 Å². The topological polar surface area (TPSA) is 12.9 Å². The van der Waals surface area contributed by atoms with Crippen LogP contribution in [0.3, 0.4) is 0 Å². The summed E-state index contributed by atoms with van der Waals surface area (Å²) < 4.78 is 0. The lowest BCUT2D eigenvalue weighted by Gasteiger charge is -2.12. The van der Waals surface area contributed by atoms with Crippen molar-refractivity contribution in [1.82, 2.24) is 4.98 Å². The summed E-state index contributed by atoms with van der Waals surface area (Å²) in [5, 5.41) is 0. The molecule has 0 aliphatic rings. The number of hydrogen-bond donors (Lipinski definition) is 0. The molecule has 58 valence electrons. The maximum absolute atomic E-state index is 4.48. The first-order valence-corrected chi connectivity index (χ1v) is 5.28. The minimum absolute atomic E-state index is 1.16. The minimum atomic E-state index is 1.16. The molecule has 12 heavy (non-hydrogen) atoms. The summed E-state index contributed by atoms with van der Waals surface area (Å²) in [4.78, 5) is 5.82. The highest BCUT2D eigenvalue weighted by molar-refractivity contribution is 7.99. The molecule has 6 heteroatoms. The fourth-order valence-corrected chi connectivity index (χ4v) is 2.20. The van der Waals surface area contributed by atoms with Crippen molar-refractivity contribution in [3.8, 4) is 0 Å². The van der Waals surface area contributed by atoms with E-state index in [1.54, 1.807) is 11.8 Å². The van der Waals surface area contributed by atoms with Gasteiger partial charge in [0.2, 0.25) is 0 Å². The van der Waals surface area contributed by atoms with Crippen LogP contribution in [-0.2, 0) is 0 Å². The predicted molar refractivity (Wildman–Crippen MR) is 68.7 cm³/mol. The highest BCUT2D eigenvalue weighted by Gasteiger charge is 2.06.